The molecule has 0 aromatic heterocycles. The number of sulfonamides is 1. The standard InChI is InChI=1S/C22H16FN3O3S2/c23-16-8-6-15(7-9-16)14-20-21(27)26(18-4-2-1-3-5-18)22(30-20)25-17-10-12-19(13-11-17)31(24,28)29/h1-14H,(H2,24,28,29)/b20-14?,25-22-. The Hall–Kier alpha value is -3.27. The Morgan fingerprint density at radius 1 is 0.935 bits per heavy atom. The van der Waals surface area contributed by atoms with Crippen molar-refractivity contribution >= 4 is 50.3 Å². The number of primary sulfonamides is 1. The van der Waals surface area contributed by atoms with Crippen molar-refractivity contribution in [3.05, 3.63) is 95.1 Å². The van der Waals surface area contributed by atoms with E-state index in [0.717, 1.165) is 0 Å². The highest BCUT2D eigenvalue weighted by atomic mass is 32.2. The molecule has 0 bridgehead atoms. The van der Waals surface area contributed by atoms with Crippen LogP contribution in [0.5, 0.6) is 0 Å². The number of halogens is 1. The first-order valence-electron chi connectivity index (χ1n) is 9.07. The average molecular weight is 454 g/mol. The van der Waals surface area contributed by atoms with Crippen LogP contribution in [0.25, 0.3) is 6.08 Å². The first-order valence-corrected chi connectivity index (χ1v) is 11.4. The second-order valence-corrected chi connectivity index (χ2v) is 9.14. The van der Waals surface area contributed by atoms with E-state index in [-0.39, 0.29) is 16.6 Å². The van der Waals surface area contributed by atoms with Gasteiger partial charge in [0.2, 0.25) is 10.0 Å². The lowest BCUT2D eigenvalue weighted by Crippen LogP contribution is -2.28. The van der Waals surface area contributed by atoms with Crippen molar-refractivity contribution in [1.82, 2.24) is 0 Å². The van der Waals surface area contributed by atoms with Crippen LogP contribution in [0.1, 0.15) is 5.56 Å². The number of anilines is 1. The lowest BCUT2D eigenvalue weighted by atomic mass is 10.2. The third-order valence-electron chi connectivity index (χ3n) is 4.38. The van der Waals surface area contributed by atoms with Crippen molar-refractivity contribution in [2.75, 3.05) is 4.90 Å². The summed E-state index contributed by atoms with van der Waals surface area (Å²) >= 11 is 1.18. The Kier molecular flexibility index (Phi) is 5.73. The Labute approximate surface area is 183 Å². The molecule has 6 nitrogen and oxygen atoms in total. The van der Waals surface area contributed by atoms with Gasteiger partial charge < -0.3 is 0 Å². The van der Waals surface area contributed by atoms with E-state index in [1.54, 1.807) is 30.3 Å². The zero-order valence-electron chi connectivity index (χ0n) is 16.0. The van der Waals surface area contributed by atoms with Gasteiger partial charge in [0.1, 0.15) is 5.82 Å². The molecule has 3 aromatic rings. The van der Waals surface area contributed by atoms with Gasteiger partial charge in [-0.3, -0.25) is 9.69 Å². The highest BCUT2D eigenvalue weighted by molar-refractivity contribution is 8.19. The quantitative estimate of drug-likeness (QED) is 0.597. The Balaban J connectivity index is 1.74. The molecule has 1 aliphatic rings. The zero-order valence-corrected chi connectivity index (χ0v) is 17.6. The summed E-state index contributed by atoms with van der Waals surface area (Å²) in [5.41, 5.74) is 1.79. The summed E-state index contributed by atoms with van der Waals surface area (Å²) in [5, 5.41) is 5.55. The van der Waals surface area contributed by atoms with E-state index in [0.29, 0.717) is 27.0 Å². The van der Waals surface area contributed by atoms with Crippen LogP contribution >= 0.6 is 11.8 Å². The molecule has 31 heavy (non-hydrogen) atoms. The molecular weight excluding hydrogens is 437 g/mol. The molecule has 2 N–H and O–H groups in total. The predicted octanol–water partition coefficient (Wildman–Crippen LogP) is 4.28. The molecule has 156 valence electrons. The first-order chi connectivity index (χ1) is 14.8. The number of amides is 1. The normalized spacial score (nSPS) is 17.0. The number of aliphatic imine (C=N–C) groups is 1. The van der Waals surface area contributed by atoms with Crippen molar-refractivity contribution in [2.24, 2.45) is 10.1 Å². The molecule has 0 spiro atoms. The van der Waals surface area contributed by atoms with Crippen LogP contribution in [0, 0.1) is 5.82 Å². The molecule has 1 fully saturated rings. The third kappa shape index (κ3) is 4.74. The summed E-state index contributed by atoms with van der Waals surface area (Å²) in [6.45, 7) is 0. The molecule has 0 atom stereocenters. The van der Waals surface area contributed by atoms with E-state index in [1.165, 1.54) is 53.1 Å². The van der Waals surface area contributed by atoms with Crippen LogP contribution in [-0.2, 0) is 14.8 Å². The van der Waals surface area contributed by atoms with Crippen LogP contribution < -0.4 is 10.0 Å². The monoisotopic (exact) mass is 453 g/mol. The molecule has 0 saturated carbocycles. The third-order valence-corrected chi connectivity index (χ3v) is 6.28. The highest BCUT2D eigenvalue weighted by Crippen LogP contribution is 2.37. The maximum Gasteiger partial charge on any atom is 0.271 e. The molecular formula is C22H16FN3O3S2. The lowest BCUT2D eigenvalue weighted by molar-refractivity contribution is -0.113. The van der Waals surface area contributed by atoms with Crippen LogP contribution in [0.15, 0.2) is 93.7 Å². The number of carbonyl (C=O) groups is 1. The van der Waals surface area contributed by atoms with Crippen molar-refractivity contribution in [1.29, 1.82) is 0 Å². The second kappa shape index (κ2) is 8.46. The largest absolute Gasteiger partial charge is 0.271 e. The van der Waals surface area contributed by atoms with E-state index in [1.807, 2.05) is 18.2 Å². The van der Waals surface area contributed by atoms with Gasteiger partial charge in [0.05, 0.1) is 21.2 Å². The number of hydrogen-bond acceptors (Lipinski definition) is 5. The second-order valence-electron chi connectivity index (χ2n) is 6.57. The molecule has 1 saturated heterocycles. The molecule has 1 amide bonds. The average Bonchev–Trinajstić information content (AvgIpc) is 3.04. The van der Waals surface area contributed by atoms with Gasteiger partial charge in [-0.15, -0.1) is 0 Å². The first kappa shape index (κ1) is 21.0. The van der Waals surface area contributed by atoms with Gasteiger partial charge in [-0.2, -0.15) is 0 Å². The van der Waals surface area contributed by atoms with E-state index >= 15 is 0 Å². The maximum atomic E-state index is 13.2. The molecule has 1 aliphatic heterocycles. The smallest absolute Gasteiger partial charge is 0.268 e. The summed E-state index contributed by atoms with van der Waals surface area (Å²) in [6, 6.07) is 20.6. The van der Waals surface area contributed by atoms with Crippen LogP contribution in [0.3, 0.4) is 0 Å². The Morgan fingerprint density at radius 3 is 2.19 bits per heavy atom. The van der Waals surface area contributed by atoms with Crippen molar-refractivity contribution in [3.63, 3.8) is 0 Å². The highest BCUT2D eigenvalue weighted by Gasteiger charge is 2.34. The summed E-state index contributed by atoms with van der Waals surface area (Å²) in [4.78, 5) is 19.6. The minimum atomic E-state index is -3.81. The fourth-order valence-corrected chi connectivity index (χ4v) is 4.40. The molecule has 1 heterocycles. The van der Waals surface area contributed by atoms with Crippen molar-refractivity contribution < 1.29 is 17.6 Å². The van der Waals surface area contributed by atoms with Crippen LogP contribution in [-0.4, -0.2) is 19.5 Å². The number of benzene rings is 3. The van der Waals surface area contributed by atoms with Gasteiger partial charge in [-0.25, -0.2) is 22.9 Å². The van der Waals surface area contributed by atoms with Gasteiger partial charge >= 0.3 is 0 Å². The molecule has 9 heteroatoms. The number of nitrogens with zero attached hydrogens (tertiary/aromatic N) is 2. The summed E-state index contributed by atoms with van der Waals surface area (Å²) < 4.78 is 36.1. The van der Waals surface area contributed by atoms with Gasteiger partial charge in [-0.1, -0.05) is 30.3 Å². The van der Waals surface area contributed by atoms with Gasteiger partial charge in [0, 0.05) is 0 Å². The van der Waals surface area contributed by atoms with E-state index in [9.17, 15) is 17.6 Å². The number of rotatable bonds is 4. The van der Waals surface area contributed by atoms with Crippen LogP contribution in [0.2, 0.25) is 0 Å². The van der Waals surface area contributed by atoms with Gasteiger partial charge in [0.15, 0.2) is 5.17 Å². The summed E-state index contributed by atoms with van der Waals surface area (Å²) in [6.07, 6.45) is 1.68. The van der Waals surface area contributed by atoms with E-state index < -0.39 is 10.0 Å². The Morgan fingerprint density at radius 2 is 1.58 bits per heavy atom. The number of thioether (sulfide) groups is 1. The predicted molar refractivity (Wildman–Crippen MR) is 121 cm³/mol. The fraction of sp³-hybridized carbons (Fsp3) is 0. The summed E-state index contributed by atoms with van der Waals surface area (Å²) in [5.74, 6) is -0.621. The Bertz CT molecular complexity index is 1290. The minimum absolute atomic E-state index is 0.0246. The fourth-order valence-electron chi connectivity index (χ4n) is 2.88. The molecule has 3 aromatic carbocycles. The van der Waals surface area contributed by atoms with E-state index in [4.69, 9.17) is 5.14 Å². The number of hydrogen-bond donors (Lipinski definition) is 1. The number of amidine groups is 1. The number of carbonyl (C=O) groups excluding carboxylic acids is 1. The molecule has 0 unspecified atom stereocenters. The summed E-state index contributed by atoms with van der Waals surface area (Å²) in [7, 11) is -3.81. The van der Waals surface area contributed by atoms with Crippen molar-refractivity contribution in [2.45, 2.75) is 4.90 Å². The zero-order chi connectivity index (χ0) is 22.0. The number of para-hydroxylation sites is 1. The maximum absolute atomic E-state index is 13.2. The minimum Gasteiger partial charge on any atom is -0.268 e. The SMILES string of the molecule is NS(=O)(=O)c1ccc(/N=C2\SC(=Cc3ccc(F)cc3)C(=O)N2c2ccccc2)cc1. The molecule has 0 aliphatic carbocycles. The lowest BCUT2D eigenvalue weighted by Gasteiger charge is -2.15. The topological polar surface area (TPSA) is 92.8 Å². The van der Waals surface area contributed by atoms with Gasteiger partial charge in [0.25, 0.3) is 5.91 Å². The van der Waals surface area contributed by atoms with E-state index in [2.05, 4.69) is 4.99 Å². The molecule has 4 rings (SSSR count). The van der Waals surface area contributed by atoms with Crippen molar-refractivity contribution in [3.8, 4) is 0 Å². The van der Waals surface area contributed by atoms with Gasteiger partial charge in [-0.05, 0) is 71.9 Å². The number of nitrogens with two attached hydrogens (primary N) is 1. The molecule has 0 radical (unpaired) electrons. The van der Waals surface area contributed by atoms with Crippen LogP contribution in [0.4, 0.5) is 15.8 Å².